The van der Waals surface area contributed by atoms with Crippen LogP contribution in [0, 0.1) is 0 Å². The average molecular weight is 473 g/mol. The predicted octanol–water partition coefficient (Wildman–Crippen LogP) is 4.11. The molecule has 0 amide bonds. The molecule has 0 aromatic carbocycles. The van der Waals surface area contributed by atoms with Gasteiger partial charge in [0.15, 0.2) is 0 Å². The summed E-state index contributed by atoms with van der Waals surface area (Å²) in [7, 11) is -4.30. The molecule has 1 N–H and O–H groups in total. The van der Waals surface area contributed by atoms with Gasteiger partial charge >= 0.3 is 51.4 Å². The summed E-state index contributed by atoms with van der Waals surface area (Å²) in [4.78, 5) is 0. The van der Waals surface area contributed by atoms with Crippen molar-refractivity contribution in [2.45, 2.75) is 154 Å². The summed E-state index contributed by atoms with van der Waals surface area (Å²) in [5.74, 6) is 0. The zero-order chi connectivity index (χ0) is 21.8. The smallest absolute Gasteiger partial charge is 0.748 e. The Labute approximate surface area is 230 Å². The molecule has 6 heteroatoms. The Morgan fingerprint density at radius 3 is 1.30 bits per heavy atom. The molecule has 0 fully saturated rings. The summed E-state index contributed by atoms with van der Waals surface area (Å²) in [5, 5.41) is 8.71. The van der Waals surface area contributed by atoms with Crippen LogP contribution in [0.5, 0.6) is 0 Å². The first-order valence-corrected chi connectivity index (χ1v) is 14.0. The van der Waals surface area contributed by atoms with Crippen molar-refractivity contribution < 1.29 is 69.5 Å². The van der Waals surface area contributed by atoms with E-state index in [0.29, 0.717) is 12.8 Å². The maximum Gasteiger partial charge on any atom is 1.00 e. The molecule has 0 aromatic heterocycles. The summed E-state index contributed by atoms with van der Waals surface area (Å²) in [6.07, 6.45) is 22.2. The van der Waals surface area contributed by atoms with Gasteiger partial charge in [0.25, 0.3) is 0 Å². The summed E-state index contributed by atoms with van der Waals surface area (Å²) in [6.45, 7) is 4.07. The van der Waals surface area contributed by atoms with E-state index < -0.39 is 21.5 Å². The largest absolute Gasteiger partial charge is 1.00 e. The third-order valence-corrected chi connectivity index (χ3v) is 7.29. The van der Waals surface area contributed by atoms with Crippen LogP contribution in [-0.4, -0.2) is 29.4 Å². The molecule has 0 aliphatic heterocycles. The molecule has 30 heavy (non-hydrogen) atoms. The van der Waals surface area contributed by atoms with Crippen molar-refractivity contribution in [1.29, 1.82) is 0 Å². The van der Waals surface area contributed by atoms with Gasteiger partial charge in [-0.2, -0.15) is 0 Å². The van der Waals surface area contributed by atoms with Gasteiger partial charge in [0.05, 0.1) is 21.5 Å². The molecule has 0 aromatic rings. The number of aliphatic hydroxyl groups is 1. The first-order chi connectivity index (χ1) is 13.9. The minimum atomic E-state index is -4.30. The third-order valence-electron chi connectivity index (χ3n) is 6.04. The Balaban J connectivity index is 0. The molecular formula is C24H49KO4S. The van der Waals surface area contributed by atoms with Crippen LogP contribution in [0.4, 0.5) is 0 Å². The maximum absolute atomic E-state index is 11.3. The standard InChI is InChI=1S/C24H50O4S.K/c1-3-5-6-7-8-9-10-11-12-13-14-15-16-17-18-19-20-21-24(29(26,27)28)22-23(25)4-2;/h23-25H,3-22H2,1-2H3,(H,26,27,28);/q;+1/p-1. The van der Waals surface area contributed by atoms with Crippen LogP contribution in [0.25, 0.3) is 0 Å². The van der Waals surface area contributed by atoms with E-state index in [1.54, 1.807) is 6.92 Å². The van der Waals surface area contributed by atoms with Gasteiger partial charge in [0.1, 0.15) is 0 Å². The molecule has 0 radical (unpaired) electrons. The molecule has 0 spiro atoms. The van der Waals surface area contributed by atoms with Crippen molar-refractivity contribution in [3.05, 3.63) is 0 Å². The molecule has 0 aliphatic rings. The molecule has 0 rings (SSSR count). The van der Waals surface area contributed by atoms with Gasteiger partial charge in [-0.3, -0.25) is 0 Å². The van der Waals surface area contributed by atoms with Crippen LogP contribution >= 0.6 is 0 Å². The van der Waals surface area contributed by atoms with Crippen molar-refractivity contribution in [3.63, 3.8) is 0 Å². The van der Waals surface area contributed by atoms with Crippen LogP contribution < -0.4 is 51.4 Å². The Hall–Kier alpha value is 1.51. The SMILES string of the molecule is CCCCCCCCCCCCCCCCCCCC(CC(O)CC)S(=O)(=O)[O-].[K+]. The minimum absolute atomic E-state index is 0. The minimum Gasteiger partial charge on any atom is -0.748 e. The number of unbranched alkanes of at least 4 members (excludes halogenated alkanes) is 16. The van der Waals surface area contributed by atoms with E-state index in [2.05, 4.69) is 6.92 Å². The van der Waals surface area contributed by atoms with Gasteiger partial charge in [-0.25, -0.2) is 8.42 Å². The van der Waals surface area contributed by atoms with Crippen molar-refractivity contribution >= 4 is 10.1 Å². The zero-order valence-electron chi connectivity index (χ0n) is 20.4. The van der Waals surface area contributed by atoms with Gasteiger partial charge in [-0.15, -0.1) is 0 Å². The first kappa shape index (κ1) is 33.7. The fourth-order valence-corrected chi connectivity index (χ4v) is 4.86. The van der Waals surface area contributed by atoms with Gasteiger partial charge < -0.3 is 9.66 Å². The summed E-state index contributed by atoms with van der Waals surface area (Å²) in [6, 6.07) is 0. The number of hydrogen-bond acceptors (Lipinski definition) is 4. The fraction of sp³-hybridized carbons (Fsp3) is 1.00. The van der Waals surface area contributed by atoms with E-state index in [4.69, 9.17) is 0 Å². The molecule has 0 heterocycles. The Bertz CT molecular complexity index is 442. The van der Waals surface area contributed by atoms with Gasteiger partial charge in [-0.05, 0) is 19.3 Å². The molecule has 2 unspecified atom stereocenters. The van der Waals surface area contributed by atoms with E-state index in [0.717, 1.165) is 19.3 Å². The molecule has 0 bridgehead atoms. The van der Waals surface area contributed by atoms with Crippen molar-refractivity contribution in [2.24, 2.45) is 0 Å². The van der Waals surface area contributed by atoms with Crippen LogP contribution in [0.3, 0.4) is 0 Å². The molecule has 2 atom stereocenters. The third kappa shape index (κ3) is 22.7. The predicted molar refractivity (Wildman–Crippen MR) is 123 cm³/mol. The van der Waals surface area contributed by atoms with Crippen LogP contribution in [0.15, 0.2) is 0 Å². The second kappa shape index (κ2) is 23.7. The van der Waals surface area contributed by atoms with E-state index in [-0.39, 0.29) is 57.8 Å². The first-order valence-electron chi connectivity index (χ1n) is 12.5. The Morgan fingerprint density at radius 1 is 0.667 bits per heavy atom. The van der Waals surface area contributed by atoms with Crippen molar-refractivity contribution in [1.82, 2.24) is 0 Å². The molecule has 0 saturated heterocycles. The summed E-state index contributed by atoms with van der Waals surface area (Å²) >= 11 is 0. The van der Waals surface area contributed by atoms with E-state index >= 15 is 0 Å². The second-order valence-electron chi connectivity index (χ2n) is 8.86. The van der Waals surface area contributed by atoms with Gasteiger partial charge in [-0.1, -0.05) is 123 Å². The number of aliphatic hydroxyl groups excluding tert-OH is 1. The molecule has 0 aliphatic carbocycles. The van der Waals surface area contributed by atoms with Crippen LogP contribution in [0.1, 0.15) is 142 Å². The van der Waals surface area contributed by atoms with Gasteiger partial charge in [0, 0.05) is 0 Å². The van der Waals surface area contributed by atoms with Crippen LogP contribution in [0.2, 0.25) is 0 Å². The van der Waals surface area contributed by atoms with Crippen molar-refractivity contribution in [3.8, 4) is 0 Å². The molecular weight excluding hydrogens is 423 g/mol. The quantitative estimate of drug-likeness (QED) is 0.146. The Morgan fingerprint density at radius 2 is 1.00 bits per heavy atom. The van der Waals surface area contributed by atoms with E-state index in [1.165, 1.54) is 89.9 Å². The second-order valence-corrected chi connectivity index (χ2v) is 10.5. The zero-order valence-corrected chi connectivity index (χ0v) is 24.3. The summed E-state index contributed by atoms with van der Waals surface area (Å²) in [5.41, 5.74) is 0. The normalized spacial score (nSPS) is 13.7. The van der Waals surface area contributed by atoms with Crippen LogP contribution in [-0.2, 0) is 10.1 Å². The van der Waals surface area contributed by atoms with Crippen molar-refractivity contribution in [2.75, 3.05) is 0 Å². The molecule has 176 valence electrons. The molecule has 0 saturated carbocycles. The molecule has 4 nitrogen and oxygen atoms in total. The van der Waals surface area contributed by atoms with E-state index in [1.807, 2.05) is 0 Å². The number of hydrogen-bond donors (Lipinski definition) is 1. The fourth-order valence-electron chi connectivity index (χ4n) is 3.95. The maximum atomic E-state index is 11.3. The van der Waals surface area contributed by atoms with E-state index in [9.17, 15) is 18.1 Å². The Kier molecular flexibility index (Phi) is 26.6. The monoisotopic (exact) mass is 472 g/mol. The summed E-state index contributed by atoms with van der Waals surface area (Å²) < 4.78 is 34.0. The average Bonchev–Trinajstić information content (AvgIpc) is 2.68. The van der Waals surface area contributed by atoms with Gasteiger partial charge in [0.2, 0.25) is 0 Å². The topological polar surface area (TPSA) is 77.4 Å². The number of rotatable bonds is 22.